The fourth-order valence-corrected chi connectivity index (χ4v) is 17.6. The van der Waals surface area contributed by atoms with Crippen molar-refractivity contribution in [1.29, 1.82) is 0 Å². The molecule has 1 atom stereocenters. The minimum absolute atomic E-state index is 0.603. The molecule has 0 spiro atoms. The van der Waals surface area contributed by atoms with Crippen LogP contribution in [-0.2, 0) is 19.3 Å². The predicted octanol–water partition coefficient (Wildman–Crippen LogP) is 24.3. The van der Waals surface area contributed by atoms with Gasteiger partial charge in [-0.25, -0.2) is 0 Å². The molecule has 0 heteroatoms. The molecule has 1 unspecified atom stereocenters. The molecule has 2 aliphatic rings. The summed E-state index contributed by atoms with van der Waals surface area (Å²) in [5, 5.41) is 32.4. The average Bonchev–Trinajstić information content (AvgIpc) is 0.877. The smallest absolute Gasteiger partial charge is 0.00140 e. The van der Waals surface area contributed by atoms with Crippen molar-refractivity contribution in [2.45, 2.75) is 44.9 Å². The fourth-order valence-electron chi connectivity index (χ4n) is 17.6. The van der Waals surface area contributed by atoms with Crippen molar-refractivity contribution >= 4 is 129 Å². The summed E-state index contributed by atoms with van der Waals surface area (Å²) in [6.07, 6.45) is 5.69. The number of hydrogen-bond acceptors (Lipinski definition) is 0. The van der Waals surface area contributed by atoms with Crippen LogP contribution in [0.4, 0.5) is 0 Å². The van der Waals surface area contributed by atoms with Crippen molar-refractivity contribution < 1.29 is 0 Å². The van der Waals surface area contributed by atoms with Gasteiger partial charge in [0.15, 0.2) is 0 Å². The van der Waals surface area contributed by atoms with Crippen LogP contribution in [0.2, 0.25) is 0 Å². The van der Waals surface area contributed by atoms with Crippen LogP contribution in [-0.4, -0.2) is 0 Å². The van der Waals surface area contributed by atoms with E-state index in [1.807, 2.05) is 0 Å². The van der Waals surface area contributed by atoms with Gasteiger partial charge >= 0.3 is 0 Å². The Kier molecular flexibility index (Phi) is 9.82. The maximum Gasteiger partial charge on any atom is -0.00140 e. The van der Waals surface area contributed by atoms with Crippen LogP contribution < -0.4 is 0 Å². The van der Waals surface area contributed by atoms with Crippen molar-refractivity contribution in [2.75, 3.05) is 0 Å². The summed E-state index contributed by atoms with van der Waals surface area (Å²) in [7, 11) is 0. The molecule has 0 radical (unpaired) electrons. The molecule has 2 aliphatic carbocycles. The van der Waals surface area contributed by atoms with E-state index in [0.717, 1.165) is 19.3 Å². The first-order valence-corrected chi connectivity index (χ1v) is 31.5. The molecule has 0 heterocycles. The monoisotopic (exact) mass is 1100 g/mol. The highest BCUT2D eigenvalue weighted by molar-refractivity contribution is 6.42. The van der Waals surface area contributed by atoms with E-state index in [-0.39, 0.29) is 0 Å². The van der Waals surface area contributed by atoms with Crippen LogP contribution >= 0.6 is 0 Å². The van der Waals surface area contributed by atoms with E-state index in [1.54, 1.807) is 5.56 Å². The Morgan fingerprint density at radius 1 is 0.207 bits per heavy atom. The highest BCUT2D eigenvalue weighted by Gasteiger charge is 2.28. The number of aryl methyl sites for hydroxylation is 2. The number of benzene rings is 18. The Morgan fingerprint density at radius 3 is 1.10 bits per heavy atom. The van der Waals surface area contributed by atoms with Crippen LogP contribution in [0.1, 0.15) is 47.9 Å². The summed E-state index contributed by atoms with van der Waals surface area (Å²) in [6.45, 7) is 2.41. The average molecular weight is 1100 g/mol. The molecule has 0 saturated carbocycles. The topological polar surface area (TPSA) is 0 Å². The van der Waals surface area contributed by atoms with E-state index in [0.29, 0.717) is 5.92 Å². The summed E-state index contributed by atoms with van der Waals surface area (Å²) in [5.74, 6) is 0.603. The van der Waals surface area contributed by atoms with Gasteiger partial charge in [-0.1, -0.05) is 262 Å². The van der Waals surface area contributed by atoms with Gasteiger partial charge in [0, 0.05) is 0 Å². The molecule has 0 amide bonds. The van der Waals surface area contributed by atoms with E-state index in [2.05, 4.69) is 262 Å². The zero-order valence-electron chi connectivity index (χ0n) is 48.4. The lowest BCUT2D eigenvalue weighted by atomic mass is 9.77. The van der Waals surface area contributed by atoms with Crippen molar-refractivity contribution in [3.8, 4) is 55.6 Å². The Labute approximate surface area is 503 Å². The molecule has 0 nitrogen and oxygen atoms in total. The van der Waals surface area contributed by atoms with E-state index in [1.165, 1.54) is 214 Å². The van der Waals surface area contributed by atoms with Crippen LogP contribution in [0.15, 0.2) is 255 Å². The number of fused-ring (bicyclic) bond motifs is 10. The first-order chi connectivity index (χ1) is 43.1. The van der Waals surface area contributed by atoms with Crippen LogP contribution in [0.5, 0.6) is 0 Å². The van der Waals surface area contributed by atoms with Crippen molar-refractivity contribution in [2.24, 2.45) is 0 Å². The molecule has 0 saturated heterocycles. The molecule has 0 aliphatic heterocycles. The maximum absolute atomic E-state index is 2.50. The Bertz CT molecular complexity index is 6020. The number of rotatable bonds is 5. The normalized spacial score (nSPS) is 14.4. The second kappa shape index (κ2) is 17.8. The maximum atomic E-state index is 2.50. The first kappa shape index (κ1) is 47.9. The fraction of sp³-hybridized carbons (Fsp3) is 0.0805. The highest BCUT2D eigenvalue weighted by atomic mass is 14.3. The largest absolute Gasteiger partial charge is 0.0622 e. The molecular weight excluding hydrogens is 1040 g/mol. The lowest BCUT2D eigenvalue weighted by Crippen LogP contribution is -2.08. The summed E-state index contributed by atoms with van der Waals surface area (Å²) in [4.78, 5) is 0. The van der Waals surface area contributed by atoms with E-state index in [4.69, 9.17) is 0 Å². The Morgan fingerprint density at radius 2 is 0.529 bits per heavy atom. The third kappa shape index (κ3) is 6.47. The van der Waals surface area contributed by atoms with Gasteiger partial charge in [-0.2, -0.15) is 0 Å². The first-order valence-electron chi connectivity index (χ1n) is 31.5. The molecule has 0 bridgehead atoms. The SMILES string of the molecule is CC1CCCc2c(-c3cccc4c(-c5ccc6c7ccc8c9c%10c(ccc%11c%12ccc(-c%13ccc(-c%14ccc(-c%15ccccc%15)c%15ccccc%14%15)c%14ccccc%13%14)c%13cccc(c(c%11%10)CC9)c%13%12)c9ccc(c%10cccc5c6%10)c7c89)cccc34)cccc21. The second-order valence-corrected chi connectivity index (χ2v) is 25.4. The minimum atomic E-state index is 0.603. The van der Waals surface area contributed by atoms with Crippen molar-refractivity contribution in [3.05, 3.63) is 277 Å². The van der Waals surface area contributed by atoms with Gasteiger partial charge in [0.25, 0.3) is 0 Å². The molecule has 0 aromatic heterocycles. The summed E-state index contributed by atoms with van der Waals surface area (Å²) in [6, 6.07) is 98.0. The van der Waals surface area contributed by atoms with E-state index >= 15 is 0 Å². The van der Waals surface area contributed by atoms with Gasteiger partial charge in [-0.05, 0) is 245 Å². The molecule has 404 valence electrons. The zero-order chi connectivity index (χ0) is 56.8. The summed E-state index contributed by atoms with van der Waals surface area (Å²) in [5.41, 5.74) is 19.0. The number of hydrogen-bond donors (Lipinski definition) is 0. The van der Waals surface area contributed by atoms with Gasteiger partial charge in [0.2, 0.25) is 0 Å². The molecule has 20 rings (SSSR count). The van der Waals surface area contributed by atoms with Crippen LogP contribution in [0.3, 0.4) is 0 Å². The van der Waals surface area contributed by atoms with E-state index in [9.17, 15) is 0 Å². The molecule has 18 aromatic rings. The summed E-state index contributed by atoms with van der Waals surface area (Å²) >= 11 is 0. The minimum Gasteiger partial charge on any atom is -0.0622 e. The molecule has 87 heavy (non-hydrogen) atoms. The quantitative estimate of drug-likeness (QED) is 0.119. The van der Waals surface area contributed by atoms with Gasteiger partial charge in [-0.15, -0.1) is 0 Å². The van der Waals surface area contributed by atoms with E-state index < -0.39 is 0 Å². The van der Waals surface area contributed by atoms with Gasteiger partial charge in [0.1, 0.15) is 0 Å². The lowest BCUT2D eigenvalue weighted by Gasteiger charge is -2.26. The van der Waals surface area contributed by atoms with Crippen molar-refractivity contribution in [3.63, 3.8) is 0 Å². The Balaban J connectivity index is 0.746. The standard InChI is InChI=1S/C87H56/c1-49-15-9-23-53-51(49)22-10-24-58(53)59-25-11-27-61-60(59)26-12-28-62(61)66-37-39-72-76-43-47-80-79-46-42-75-71-32-14-30-69-67(65-36-35-64(56-20-7-8-21-57(56)65)63-34-33-52(50-16-3-2-4-17-50)54-18-5-6-19-55(54)63)38-40-73(83(69)71)77-44-48-81(87(79)85(75)77)78-45-41-74(84(76)86(78)80)70-31-13-29-68(66)82(70)72/h2-8,10-14,16-22,24-41,43-45,47-49H,9,15,23,42,46H2,1H3. The van der Waals surface area contributed by atoms with Gasteiger partial charge in [0.05, 0.1) is 0 Å². The van der Waals surface area contributed by atoms with Crippen LogP contribution in [0.25, 0.3) is 185 Å². The molecular formula is C87H56. The summed E-state index contributed by atoms with van der Waals surface area (Å²) < 4.78 is 0. The zero-order valence-corrected chi connectivity index (χ0v) is 48.4. The van der Waals surface area contributed by atoms with Crippen LogP contribution in [0, 0.1) is 0 Å². The Hall–Kier alpha value is -10.4. The molecule has 18 aromatic carbocycles. The third-order valence-electron chi connectivity index (χ3n) is 21.3. The lowest BCUT2D eigenvalue weighted by molar-refractivity contribution is 0.591. The van der Waals surface area contributed by atoms with Gasteiger partial charge in [-0.3, -0.25) is 0 Å². The third-order valence-corrected chi connectivity index (χ3v) is 21.3. The molecule has 0 fully saturated rings. The molecule has 0 N–H and O–H groups in total. The second-order valence-electron chi connectivity index (χ2n) is 25.4. The van der Waals surface area contributed by atoms with Gasteiger partial charge < -0.3 is 0 Å². The predicted molar refractivity (Wildman–Crippen MR) is 375 cm³/mol. The van der Waals surface area contributed by atoms with Crippen molar-refractivity contribution in [1.82, 2.24) is 0 Å². The highest BCUT2D eigenvalue weighted by Crippen LogP contribution is 2.54.